The highest BCUT2D eigenvalue weighted by Gasteiger charge is 2.38. The Labute approximate surface area is 111 Å². The summed E-state index contributed by atoms with van der Waals surface area (Å²) in [6.07, 6.45) is 0. The van der Waals surface area contributed by atoms with Crippen molar-refractivity contribution in [3.8, 4) is 0 Å². The number of hydrogen-bond acceptors (Lipinski definition) is 4. The smallest absolute Gasteiger partial charge is 0.120 e. The molecule has 3 rings (SSSR count). The topological polar surface area (TPSA) is 48.1 Å². The summed E-state index contributed by atoms with van der Waals surface area (Å²) in [5.74, 6) is 0. The van der Waals surface area contributed by atoms with E-state index in [-0.39, 0.29) is 0 Å². The summed E-state index contributed by atoms with van der Waals surface area (Å²) < 4.78 is 5.66. The number of nitrogens with zero attached hydrogens (tertiary/aromatic N) is 1. The maximum atomic E-state index is 6.60. The third-order valence-electron chi connectivity index (χ3n) is 3.50. The minimum atomic E-state index is -0.599. The molecule has 1 aliphatic rings. The van der Waals surface area contributed by atoms with E-state index in [9.17, 15) is 0 Å². The van der Waals surface area contributed by atoms with Crippen molar-refractivity contribution in [3.05, 3.63) is 51.0 Å². The van der Waals surface area contributed by atoms with Gasteiger partial charge in [-0.15, -0.1) is 11.3 Å². The molecule has 0 aliphatic carbocycles. The fourth-order valence-corrected chi connectivity index (χ4v) is 3.34. The summed E-state index contributed by atoms with van der Waals surface area (Å²) in [5.41, 5.74) is 9.36. The molecule has 2 aromatic rings. The first-order chi connectivity index (χ1) is 8.61. The van der Waals surface area contributed by atoms with Crippen molar-refractivity contribution in [3.63, 3.8) is 0 Å². The zero-order valence-electron chi connectivity index (χ0n) is 10.6. The minimum Gasteiger partial charge on any atom is -0.374 e. The molecule has 1 aromatic carbocycles. The van der Waals surface area contributed by atoms with Crippen molar-refractivity contribution in [1.82, 2.24) is 4.98 Å². The van der Waals surface area contributed by atoms with Crippen LogP contribution in [0.15, 0.2) is 24.3 Å². The van der Waals surface area contributed by atoms with Crippen LogP contribution in [0.2, 0.25) is 0 Å². The van der Waals surface area contributed by atoms with E-state index in [1.165, 1.54) is 4.88 Å². The molecule has 3 nitrogen and oxygen atoms in total. The number of ether oxygens (including phenoxy) is 1. The molecule has 94 valence electrons. The second-order valence-corrected chi connectivity index (χ2v) is 5.99. The average Bonchev–Trinajstić information content (AvgIpc) is 2.71. The number of rotatable bonds is 1. The highest BCUT2D eigenvalue weighted by Crippen LogP contribution is 2.36. The molecule has 2 N–H and O–H groups in total. The number of nitrogens with two attached hydrogens (primary N) is 1. The van der Waals surface area contributed by atoms with Gasteiger partial charge in [0, 0.05) is 4.88 Å². The number of benzene rings is 1. The van der Waals surface area contributed by atoms with Crippen LogP contribution >= 0.6 is 11.3 Å². The lowest BCUT2D eigenvalue weighted by Crippen LogP contribution is -2.45. The molecule has 1 aromatic heterocycles. The molecule has 4 heteroatoms. The first kappa shape index (κ1) is 11.8. The Balaban J connectivity index is 2.16. The molecular formula is C14H16N2OS. The fraction of sp³-hybridized carbons (Fsp3) is 0.357. The van der Waals surface area contributed by atoms with Gasteiger partial charge < -0.3 is 10.5 Å². The van der Waals surface area contributed by atoms with Crippen molar-refractivity contribution in [2.75, 3.05) is 6.61 Å². The lowest BCUT2D eigenvalue weighted by Gasteiger charge is -2.33. The second-order valence-electron chi connectivity index (χ2n) is 4.78. The van der Waals surface area contributed by atoms with Gasteiger partial charge in [0.1, 0.15) is 10.5 Å². The van der Waals surface area contributed by atoms with Gasteiger partial charge in [-0.05, 0) is 25.0 Å². The first-order valence-corrected chi connectivity index (χ1v) is 6.82. The Hall–Kier alpha value is -1.23. The molecule has 18 heavy (non-hydrogen) atoms. The van der Waals surface area contributed by atoms with E-state index in [2.05, 4.69) is 24.0 Å². The summed E-state index contributed by atoms with van der Waals surface area (Å²) in [5, 5.41) is 0.949. The lowest BCUT2D eigenvalue weighted by molar-refractivity contribution is 0.0671. The Kier molecular flexibility index (Phi) is 2.73. The lowest BCUT2D eigenvalue weighted by atomic mass is 9.87. The third-order valence-corrected chi connectivity index (χ3v) is 4.75. The molecule has 0 saturated carbocycles. The van der Waals surface area contributed by atoms with Gasteiger partial charge in [-0.2, -0.15) is 0 Å². The van der Waals surface area contributed by atoms with Crippen LogP contribution in [0.25, 0.3) is 0 Å². The van der Waals surface area contributed by atoms with E-state index in [4.69, 9.17) is 10.5 Å². The number of fused-ring (bicyclic) bond motifs is 1. The van der Waals surface area contributed by atoms with Crippen LogP contribution < -0.4 is 5.73 Å². The van der Waals surface area contributed by atoms with E-state index in [1.807, 2.05) is 19.1 Å². The largest absolute Gasteiger partial charge is 0.374 e. The zero-order chi connectivity index (χ0) is 12.8. The van der Waals surface area contributed by atoms with Gasteiger partial charge in [0.05, 0.1) is 18.9 Å². The van der Waals surface area contributed by atoms with Crippen molar-refractivity contribution >= 4 is 11.3 Å². The molecule has 0 saturated heterocycles. The van der Waals surface area contributed by atoms with E-state index in [0.717, 1.165) is 21.8 Å². The second kappa shape index (κ2) is 4.16. The molecule has 1 aliphatic heterocycles. The van der Waals surface area contributed by atoms with Crippen LogP contribution in [-0.4, -0.2) is 11.6 Å². The Morgan fingerprint density at radius 1 is 1.33 bits per heavy atom. The summed E-state index contributed by atoms with van der Waals surface area (Å²) >= 11 is 1.67. The Morgan fingerprint density at radius 3 is 2.83 bits per heavy atom. The maximum Gasteiger partial charge on any atom is 0.120 e. The van der Waals surface area contributed by atoms with E-state index < -0.39 is 5.54 Å². The number of hydrogen-bond donors (Lipinski definition) is 1. The highest BCUT2D eigenvalue weighted by atomic mass is 32.1. The van der Waals surface area contributed by atoms with Crippen molar-refractivity contribution in [2.24, 2.45) is 5.73 Å². The summed E-state index contributed by atoms with van der Waals surface area (Å²) in [6.45, 7) is 5.23. The molecule has 2 heterocycles. The quantitative estimate of drug-likeness (QED) is 0.857. The van der Waals surface area contributed by atoms with Gasteiger partial charge in [0.25, 0.3) is 0 Å². The number of aryl methyl sites for hydroxylation is 2. The average molecular weight is 260 g/mol. The fourth-order valence-electron chi connectivity index (χ4n) is 2.32. The monoisotopic (exact) mass is 260 g/mol. The standard InChI is InChI=1S/C14H16N2OS/c1-9-10(2)18-13(16-9)14(15)8-17-7-11-5-3-4-6-12(11)14/h3-6H,7-8,15H2,1-2H3. The van der Waals surface area contributed by atoms with Crippen LogP contribution in [0.5, 0.6) is 0 Å². The molecule has 0 bridgehead atoms. The van der Waals surface area contributed by atoms with Crippen LogP contribution in [0, 0.1) is 13.8 Å². The molecule has 0 fully saturated rings. The number of thiazole rings is 1. The normalized spacial score (nSPS) is 22.8. The van der Waals surface area contributed by atoms with Gasteiger partial charge in [-0.3, -0.25) is 0 Å². The predicted molar refractivity (Wildman–Crippen MR) is 72.7 cm³/mol. The van der Waals surface area contributed by atoms with Crippen molar-refractivity contribution in [1.29, 1.82) is 0 Å². The van der Waals surface area contributed by atoms with Crippen LogP contribution in [0.1, 0.15) is 26.7 Å². The van der Waals surface area contributed by atoms with Gasteiger partial charge >= 0.3 is 0 Å². The Morgan fingerprint density at radius 2 is 2.11 bits per heavy atom. The summed E-state index contributed by atoms with van der Waals surface area (Å²) in [4.78, 5) is 5.84. The minimum absolute atomic E-state index is 0.496. The van der Waals surface area contributed by atoms with Crippen molar-refractivity contribution < 1.29 is 4.74 Å². The molecule has 0 radical (unpaired) electrons. The first-order valence-electron chi connectivity index (χ1n) is 6.01. The van der Waals surface area contributed by atoms with Gasteiger partial charge in [-0.25, -0.2) is 4.98 Å². The summed E-state index contributed by atoms with van der Waals surface area (Å²) in [6, 6.07) is 8.21. The van der Waals surface area contributed by atoms with Crippen LogP contribution in [0.4, 0.5) is 0 Å². The molecule has 0 amide bonds. The molecular weight excluding hydrogens is 244 g/mol. The predicted octanol–water partition coefficient (Wildman–Crippen LogP) is 2.49. The van der Waals surface area contributed by atoms with Gasteiger partial charge in [-0.1, -0.05) is 24.3 Å². The van der Waals surface area contributed by atoms with E-state index in [1.54, 1.807) is 11.3 Å². The third kappa shape index (κ3) is 1.68. The highest BCUT2D eigenvalue weighted by molar-refractivity contribution is 7.11. The Bertz CT molecular complexity index is 574. The number of aromatic nitrogens is 1. The molecule has 0 spiro atoms. The maximum absolute atomic E-state index is 6.60. The molecule has 1 atom stereocenters. The SMILES string of the molecule is Cc1nc(C2(N)COCc3ccccc32)sc1C. The summed E-state index contributed by atoms with van der Waals surface area (Å²) in [7, 11) is 0. The van der Waals surface area contributed by atoms with Crippen LogP contribution in [0.3, 0.4) is 0 Å². The van der Waals surface area contributed by atoms with E-state index in [0.29, 0.717) is 13.2 Å². The van der Waals surface area contributed by atoms with Crippen molar-refractivity contribution in [2.45, 2.75) is 26.0 Å². The zero-order valence-corrected chi connectivity index (χ0v) is 11.4. The van der Waals surface area contributed by atoms with Gasteiger partial charge in [0.2, 0.25) is 0 Å². The molecule has 1 unspecified atom stereocenters. The van der Waals surface area contributed by atoms with Crippen LogP contribution in [-0.2, 0) is 16.9 Å². The van der Waals surface area contributed by atoms with E-state index >= 15 is 0 Å². The van der Waals surface area contributed by atoms with Gasteiger partial charge in [0.15, 0.2) is 0 Å².